The lowest BCUT2D eigenvalue weighted by atomic mass is 10.1. The third-order valence-electron chi connectivity index (χ3n) is 4.96. The van der Waals surface area contributed by atoms with Crippen LogP contribution in [0.1, 0.15) is 6.42 Å². The smallest absolute Gasteiger partial charge is 0.324 e. The molecule has 1 aliphatic heterocycles. The summed E-state index contributed by atoms with van der Waals surface area (Å²) in [5, 5.41) is 7.24. The summed E-state index contributed by atoms with van der Waals surface area (Å²) in [5.41, 5.74) is 1.42. The van der Waals surface area contributed by atoms with E-state index < -0.39 is 36.8 Å². The number of rotatable bonds is 4. The van der Waals surface area contributed by atoms with Crippen LogP contribution in [0.2, 0.25) is 5.02 Å². The molecule has 31 heavy (non-hydrogen) atoms. The summed E-state index contributed by atoms with van der Waals surface area (Å²) in [7, 11) is 1.65. The molecule has 1 unspecified atom stereocenters. The van der Waals surface area contributed by atoms with Crippen molar-refractivity contribution in [1.29, 1.82) is 0 Å². The molecule has 1 atom stereocenters. The van der Waals surface area contributed by atoms with Crippen LogP contribution in [0.3, 0.4) is 0 Å². The molecule has 3 aromatic rings. The number of aromatic nitrogens is 3. The van der Waals surface area contributed by atoms with E-state index in [1.807, 2.05) is 0 Å². The maximum Gasteiger partial charge on any atom is 0.394 e. The monoisotopic (exact) mass is 453 g/mol. The molecule has 1 aliphatic rings. The standard InChI is InChI=1S/C20H16ClF4N5O/c1-29-19(26-13-4-7-15(21)16(22)9-13)27-18(28-29)11-2-5-14(6-3-11)30-10-12(8-17(30)31)20(23,24)25/h2-7,9,12H,8,10H2,1H3,(H,26,27,28). The Hall–Kier alpha value is -3.14. The summed E-state index contributed by atoms with van der Waals surface area (Å²) in [4.78, 5) is 17.5. The number of amides is 1. The van der Waals surface area contributed by atoms with Crippen LogP contribution in [0.5, 0.6) is 0 Å². The van der Waals surface area contributed by atoms with Gasteiger partial charge in [-0.3, -0.25) is 4.79 Å². The van der Waals surface area contributed by atoms with Gasteiger partial charge in [-0.05, 0) is 42.5 Å². The van der Waals surface area contributed by atoms with Crippen molar-refractivity contribution in [3.63, 3.8) is 0 Å². The topological polar surface area (TPSA) is 63.1 Å². The molecule has 0 saturated carbocycles. The molecule has 2 aromatic carbocycles. The van der Waals surface area contributed by atoms with Gasteiger partial charge in [0.2, 0.25) is 11.9 Å². The summed E-state index contributed by atoms with van der Waals surface area (Å²) in [6, 6.07) is 10.6. The Morgan fingerprint density at radius 3 is 2.48 bits per heavy atom. The Morgan fingerprint density at radius 1 is 1.16 bits per heavy atom. The lowest BCUT2D eigenvalue weighted by Crippen LogP contribution is -2.28. The SMILES string of the molecule is Cn1nc(-c2ccc(N3CC(C(F)(F)F)CC3=O)cc2)nc1Nc1ccc(Cl)c(F)c1. The second kappa shape index (κ2) is 7.84. The van der Waals surface area contributed by atoms with E-state index in [0.717, 1.165) is 4.90 Å². The summed E-state index contributed by atoms with van der Waals surface area (Å²) >= 11 is 5.68. The van der Waals surface area contributed by atoms with E-state index in [2.05, 4.69) is 15.4 Å². The van der Waals surface area contributed by atoms with Crippen LogP contribution in [0.15, 0.2) is 42.5 Å². The first-order valence-corrected chi connectivity index (χ1v) is 9.60. The highest BCUT2D eigenvalue weighted by atomic mass is 35.5. The van der Waals surface area contributed by atoms with Gasteiger partial charge in [-0.25, -0.2) is 9.07 Å². The molecule has 1 saturated heterocycles. The third-order valence-corrected chi connectivity index (χ3v) is 5.27. The van der Waals surface area contributed by atoms with Crippen molar-refractivity contribution in [2.45, 2.75) is 12.6 Å². The number of carbonyl (C=O) groups excluding carboxylic acids is 1. The minimum absolute atomic E-state index is 0.00216. The molecule has 0 aliphatic carbocycles. The average Bonchev–Trinajstić information content (AvgIpc) is 3.28. The first kappa shape index (κ1) is 21.1. The van der Waals surface area contributed by atoms with Crippen LogP contribution in [0.25, 0.3) is 11.4 Å². The molecule has 11 heteroatoms. The first-order chi connectivity index (χ1) is 14.6. The number of hydrogen-bond donors (Lipinski definition) is 1. The van der Waals surface area contributed by atoms with E-state index in [1.165, 1.54) is 16.8 Å². The highest BCUT2D eigenvalue weighted by Crippen LogP contribution is 2.36. The molecular weight excluding hydrogens is 438 g/mol. The molecular formula is C20H16ClF4N5O. The van der Waals surface area contributed by atoms with Crippen molar-refractivity contribution in [2.75, 3.05) is 16.8 Å². The Kier molecular flexibility index (Phi) is 5.34. The third kappa shape index (κ3) is 4.34. The Balaban J connectivity index is 1.51. The molecule has 1 aromatic heterocycles. The van der Waals surface area contributed by atoms with Crippen molar-refractivity contribution in [1.82, 2.24) is 14.8 Å². The van der Waals surface area contributed by atoms with Crippen LogP contribution in [0.4, 0.5) is 34.9 Å². The van der Waals surface area contributed by atoms with Crippen LogP contribution >= 0.6 is 11.6 Å². The average molecular weight is 454 g/mol. The fraction of sp³-hybridized carbons (Fsp3) is 0.250. The van der Waals surface area contributed by atoms with Crippen LogP contribution < -0.4 is 10.2 Å². The molecule has 0 radical (unpaired) electrons. The Bertz CT molecular complexity index is 1130. The van der Waals surface area contributed by atoms with Gasteiger partial charge in [-0.15, -0.1) is 5.10 Å². The van der Waals surface area contributed by atoms with E-state index >= 15 is 0 Å². The molecule has 1 fully saturated rings. The fourth-order valence-corrected chi connectivity index (χ4v) is 3.40. The van der Waals surface area contributed by atoms with Gasteiger partial charge in [0.15, 0.2) is 5.82 Å². The summed E-state index contributed by atoms with van der Waals surface area (Å²) in [5.74, 6) is -2.10. The minimum Gasteiger partial charge on any atom is -0.324 e. The van der Waals surface area contributed by atoms with Crippen LogP contribution in [0, 0.1) is 11.7 Å². The van der Waals surface area contributed by atoms with Gasteiger partial charge in [-0.1, -0.05) is 11.6 Å². The first-order valence-electron chi connectivity index (χ1n) is 9.22. The lowest BCUT2D eigenvalue weighted by Gasteiger charge is -2.18. The molecule has 4 rings (SSSR count). The van der Waals surface area contributed by atoms with Gasteiger partial charge >= 0.3 is 6.18 Å². The second-order valence-corrected chi connectivity index (χ2v) is 7.54. The van der Waals surface area contributed by atoms with Crippen molar-refractivity contribution in [2.24, 2.45) is 13.0 Å². The second-order valence-electron chi connectivity index (χ2n) is 7.13. The number of hydrogen-bond acceptors (Lipinski definition) is 4. The zero-order valence-electron chi connectivity index (χ0n) is 16.1. The highest BCUT2D eigenvalue weighted by molar-refractivity contribution is 6.30. The maximum absolute atomic E-state index is 13.6. The predicted molar refractivity (Wildman–Crippen MR) is 108 cm³/mol. The normalized spacial score (nSPS) is 16.8. The van der Waals surface area contributed by atoms with Crippen molar-refractivity contribution in [3.8, 4) is 11.4 Å². The van der Waals surface area contributed by atoms with E-state index in [1.54, 1.807) is 37.4 Å². The number of benzene rings is 2. The molecule has 162 valence electrons. The zero-order valence-corrected chi connectivity index (χ0v) is 16.9. The van der Waals surface area contributed by atoms with Crippen LogP contribution in [-0.4, -0.2) is 33.4 Å². The van der Waals surface area contributed by atoms with Gasteiger partial charge in [0.1, 0.15) is 5.82 Å². The number of nitrogens with one attached hydrogen (secondary N) is 1. The van der Waals surface area contributed by atoms with E-state index in [4.69, 9.17) is 11.6 Å². The molecule has 0 spiro atoms. The molecule has 6 nitrogen and oxygen atoms in total. The van der Waals surface area contributed by atoms with E-state index in [0.29, 0.717) is 28.7 Å². The largest absolute Gasteiger partial charge is 0.394 e. The van der Waals surface area contributed by atoms with Crippen molar-refractivity contribution >= 4 is 34.8 Å². The Morgan fingerprint density at radius 2 is 1.87 bits per heavy atom. The van der Waals surface area contributed by atoms with Crippen molar-refractivity contribution in [3.05, 3.63) is 53.3 Å². The van der Waals surface area contributed by atoms with Gasteiger partial charge < -0.3 is 10.2 Å². The van der Waals surface area contributed by atoms with Gasteiger partial charge in [0.05, 0.1) is 10.9 Å². The highest BCUT2D eigenvalue weighted by Gasteiger charge is 2.47. The molecule has 2 heterocycles. The Labute approximate surface area is 179 Å². The zero-order chi connectivity index (χ0) is 22.3. The number of alkyl halides is 3. The molecule has 1 amide bonds. The number of carbonyl (C=O) groups is 1. The van der Waals surface area contributed by atoms with Gasteiger partial charge in [-0.2, -0.15) is 18.2 Å². The number of aryl methyl sites for hydroxylation is 1. The number of halogens is 5. The van der Waals surface area contributed by atoms with E-state index in [9.17, 15) is 22.4 Å². The number of nitrogens with zero attached hydrogens (tertiary/aromatic N) is 4. The predicted octanol–water partition coefficient (Wildman–Crippen LogP) is 4.93. The quantitative estimate of drug-likeness (QED) is 0.569. The molecule has 0 bridgehead atoms. The van der Waals surface area contributed by atoms with Gasteiger partial charge in [0, 0.05) is 37.0 Å². The fourth-order valence-electron chi connectivity index (χ4n) is 3.29. The van der Waals surface area contributed by atoms with E-state index in [-0.39, 0.29) is 5.02 Å². The lowest BCUT2D eigenvalue weighted by molar-refractivity contribution is -0.169. The van der Waals surface area contributed by atoms with Crippen LogP contribution in [-0.2, 0) is 11.8 Å². The van der Waals surface area contributed by atoms with Crippen molar-refractivity contribution < 1.29 is 22.4 Å². The minimum atomic E-state index is -4.40. The summed E-state index contributed by atoms with van der Waals surface area (Å²) < 4.78 is 53.8. The summed E-state index contributed by atoms with van der Waals surface area (Å²) in [6.07, 6.45) is -4.95. The molecule has 1 N–H and O–H groups in total. The summed E-state index contributed by atoms with van der Waals surface area (Å²) in [6.45, 7) is -0.394. The number of anilines is 3. The van der Waals surface area contributed by atoms with Gasteiger partial charge in [0.25, 0.3) is 0 Å². The maximum atomic E-state index is 13.6.